The molecule has 0 saturated carbocycles. The van der Waals surface area contributed by atoms with Gasteiger partial charge in [-0.3, -0.25) is 9.78 Å². The SMILES string of the molecule is CCCc1c(Cl)[nH]c(=O)n(C(C)(C)c2nccs2)c1=O. The molecule has 2 aromatic rings. The van der Waals surface area contributed by atoms with E-state index < -0.39 is 11.2 Å². The van der Waals surface area contributed by atoms with Crippen LogP contribution in [0.15, 0.2) is 21.2 Å². The molecule has 0 saturated heterocycles. The maximum absolute atomic E-state index is 12.6. The molecule has 0 aliphatic rings. The summed E-state index contributed by atoms with van der Waals surface area (Å²) in [5.41, 5.74) is -1.23. The first-order valence-electron chi connectivity index (χ1n) is 6.33. The molecule has 0 aliphatic heterocycles. The molecular formula is C13H16ClN3O2S. The summed E-state index contributed by atoms with van der Waals surface area (Å²) in [7, 11) is 0. The predicted octanol–water partition coefficient (Wildman–Crippen LogP) is 2.38. The summed E-state index contributed by atoms with van der Waals surface area (Å²) >= 11 is 7.39. The molecule has 2 rings (SSSR count). The normalized spacial score (nSPS) is 11.8. The van der Waals surface area contributed by atoms with Gasteiger partial charge in [-0.05, 0) is 20.3 Å². The van der Waals surface area contributed by atoms with Crippen LogP contribution in [0.1, 0.15) is 37.8 Å². The largest absolute Gasteiger partial charge is 0.330 e. The summed E-state index contributed by atoms with van der Waals surface area (Å²) in [6.07, 6.45) is 2.96. The minimum absolute atomic E-state index is 0.132. The van der Waals surface area contributed by atoms with Crippen molar-refractivity contribution in [2.45, 2.75) is 39.2 Å². The first-order chi connectivity index (χ1) is 9.39. The van der Waals surface area contributed by atoms with E-state index in [1.807, 2.05) is 12.3 Å². The second kappa shape index (κ2) is 5.54. The molecule has 20 heavy (non-hydrogen) atoms. The Morgan fingerprint density at radius 3 is 2.70 bits per heavy atom. The number of nitrogens with zero attached hydrogens (tertiary/aromatic N) is 2. The Bertz CT molecular complexity index is 716. The highest BCUT2D eigenvalue weighted by Gasteiger charge is 2.30. The number of thiazole rings is 1. The Balaban J connectivity index is 2.72. The third kappa shape index (κ3) is 2.45. The van der Waals surface area contributed by atoms with Crippen LogP contribution >= 0.6 is 22.9 Å². The molecule has 2 aromatic heterocycles. The van der Waals surface area contributed by atoms with Crippen molar-refractivity contribution in [3.05, 3.63) is 48.1 Å². The zero-order chi connectivity index (χ0) is 14.9. The van der Waals surface area contributed by atoms with Gasteiger partial charge in [0.1, 0.15) is 10.2 Å². The van der Waals surface area contributed by atoms with E-state index in [1.54, 1.807) is 20.0 Å². The van der Waals surface area contributed by atoms with E-state index in [9.17, 15) is 9.59 Å². The average molecular weight is 314 g/mol. The lowest BCUT2D eigenvalue weighted by atomic mass is 10.1. The van der Waals surface area contributed by atoms with Crippen LogP contribution in [0.3, 0.4) is 0 Å². The summed E-state index contributed by atoms with van der Waals surface area (Å²) in [6, 6.07) is 0. The van der Waals surface area contributed by atoms with Crippen LogP contribution < -0.4 is 11.2 Å². The van der Waals surface area contributed by atoms with Crippen molar-refractivity contribution in [3.63, 3.8) is 0 Å². The third-order valence-corrected chi connectivity index (χ3v) is 4.57. The lowest BCUT2D eigenvalue weighted by Crippen LogP contribution is -2.48. The molecule has 1 N–H and O–H groups in total. The quantitative estimate of drug-likeness (QED) is 0.881. The van der Waals surface area contributed by atoms with Crippen molar-refractivity contribution in [2.75, 3.05) is 0 Å². The van der Waals surface area contributed by atoms with E-state index in [0.717, 1.165) is 6.42 Å². The van der Waals surface area contributed by atoms with E-state index in [2.05, 4.69) is 9.97 Å². The molecule has 0 unspecified atom stereocenters. The van der Waals surface area contributed by atoms with Gasteiger partial charge in [0, 0.05) is 11.6 Å². The van der Waals surface area contributed by atoms with Crippen LogP contribution in [0.2, 0.25) is 5.15 Å². The Morgan fingerprint density at radius 2 is 2.15 bits per heavy atom. The van der Waals surface area contributed by atoms with Crippen molar-refractivity contribution in [1.29, 1.82) is 0 Å². The number of nitrogens with one attached hydrogen (secondary N) is 1. The second-order valence-electron chi connectivity index (χ2n) is 5.01. The fraction of sp³-hybridized carbons (Fsp3) is 0.462. The smallest absolute Gasteiger partial charge is 0.297 e. The van der Waals surface area contributed by atoms with Crippen molar-refractivity contribution < 1.29 is 0 Å². The summed E-state index contributed by atoms with van der Waals surface area (Å²) < 4.78 is 1.20. The number of H-pyrrole nitrogens is 1. The summed E-state index contributed by atoms with van der Waals surface area (Å²) in [5.74, 6) is 0. The van der Waals surface area contributed by atoms with Gasteiger partial charge in [0.05, 0.1) is 11.1 Å². The van der Waals surface area contributed by atoms with Crippen molar-refractivity contribution >= 4 is 22.9 Å². The highest BCUT2D eigenvalue weighted by atomic mass is 35.5. The maximum atomic E-state index is 12.6. The number of aromatic amines is 1. The van der Waals surface area contributed by atoms with Gasteiger partial charge in [-0.2, -0.15) is 0 Å². The van der Waals surface area contributed by atoms with Crippen LogP contribution in [0.25, 0.3) is 0 Å². The molecule has 0 aliphatic carbocycles. The zero-order valence-electron chi connectivity index (χ0n) is 11.6. The number of aromatic nitrogens is 3. The Hall–Kier alpha value is -1.40. The van der Waals surface area contributed by atoms with Gasteiger partial charge in [0.2, 0.25) is 0 Å². The van der Waals surface area contributed by atoms with Gasteiger partial charge >= 0.3 is 5.69 Å². The fourth-order valence-corrected chi connectivity index (χ4v) is 3.15. The van der Waals surface area contributed by atoms with Crippen LogP contribution in [0, 0.1) is 0 Å². The first-order valence-corrected chi connectivity index (χ1v) is 7.59. The predicted molar refractivity (Wildman–Crippen MR) is 80.9 cm³/mol. The van der Waals surface area contributed by atoms with Crippen LogP contribution in [-0.4, -0.2) is 14.5 Å². The van der Waals surface area contributed by atoms with Crippen LogP contribution in [0.4, 0.5) is 0 Å². The molecule has 0 fully saturated rings. The van der Waals surface area contributed by atoms with E-state index in [4.69, 9.17) is 11.6 Å². The highest BCUT2D eigenvalue weighted by molar-refractivity contribution is 7.09. The molecular weight excluding hydrogens is 298 g/mol. The maximum Gasteiger partial charge on any atom is 0.330 e. The van der Waals surface area contributed by atoms with Crippen molar-refractivity contribution in [2.24, 2.45) is 0 Å². The van der Waals surface area contributed by atoms with Crippen molar-refractivity contribution in [1.82, 2.24) is 14.5 Å². The van der Waals surface area contributed by atoms with Gasteiger partial charge in [-0.1, -0.05) is 24.9 Å². The number of hydrogen-bond donors (Lipinski definition) is 1. The number of halogens is 1. The third-order valence-electron chi connectivity index (χ3n) is 3.16. The molecule has 2 heterocycles. The molecule has 0 bridgehead atoms. The topological polar surface area (TPSA) is 67.8 Å². The van der Waals surface area contributed by atoms with Gasteiger partial charge in [-0.15, -0.1) is 11.3 Å². The standard InChI is InChI=1S/C13H16ClN3O2S/c1-4-5-8-9(14)16-12(19)17(10(8)18)13(2,3)11-15-6-7-20-11/h6-7H,4-5H2,1-3H3,(H,16,19). The Kier molecular flexibility index (Phi) is 4.15. The second-order valence-corrected chi connectivity index (χ2v) is 6.28. The molecule has 0 spiro atoms. The summed E-state index contributed by atoms with van der Waals surface area (Å²) in [6.45, 7) is 5.55. The average Bonchev–Trinajstić information content (AvgIpc) is 2.88. The van der Waals surface area contributed by atoms with E-state index in [1.165, 1.54) is 15.9 Å². The Morgan fingerprint density at radius 1 is 1.45 bits per heavy atom. The van der Waals surface area contributed by atoms with E-state index in [-0.39, 0.29) is 10.7 Å². The summed E-state index contributed by atoms with van der Waals surface area (Å²) in [5, 5.41) is 2.65. The molecule has 108 valence electrons. The zero-order valence-corrected chi connectivity index (χ0v) is 13.1. The molecule has 0 atom stereocenters. The van der Waals surface area contributed by atoms with Crippen molar-refractivity contribution in [3.8, 4) is 0 Å². The van der Waals surface area contributed by atoms with Gasteiger partial charge < -0.3 is 0 Å². The van der Waals surface area contributed by atoms with Gasteiger partial charge in [0.15, 0.2) is 0 Å². The van der Waals surface area contributed by atoms with Crippen LogP contribution in [0.5, 0.6) is 0 Å². The minimum Gasteiger partial charge on any atom is -0.297 e. The lowest BCUT2D eigenvalue weighted by Gasteiger charge is -2.24. The van der Waals surface area contributed by atoms with Crippen LogP contribution in [-0.2, 0) is 12.0 Å². The monoisotopic (exact) mass is 313 g/mol. The minimum atomic E-state index is -0.814. The number of rotatable bonds is 4. The molecule has 5 nitrogen and oxygen atoms in total. The molecule has 0 aromatic carbocycles. The summed E-state index contributed by atoms with van der Waals surface area (Å²) in [4.78, 5) is 31.5. The lowest BCUT2D eigenvalue weighted by molar-refractivity contribution is 0.397. The molecule has 7 heteroatoms. The molecule has 0 amide bonds. The van der Waals surface area contributed by atoms with Gasteiger partial charge in [-0.25, -0.2) is 14.3 Å². The number of hydrogen-bond acceptors (Lipinski definition) is 4. The highest BCUT2D eigenvalue weighted by Crippen LogP contribution is 2.25. The first kappa shape index (κ1) is 15.0. The van der Waals surface area contributed by atoms with E-state index >= 15 is 0 Å². The fourth-order valence-electron chi connectivity index (χ4n) is 2.14. The Labute approximate surface area is 125 Å². The van der Waals surface area contributed by atoms with Gasteiger partial charge in [0.25, 0.3) is 5.56 Å². The molecule has 0 radical (unpaired) electrons. The van der Waals surface area contributed by atoms with E-state index in [0.29, 0.717) is 17.0 Å².